The van der Waals surface area contributed by atoms with Crippen LogP contribution in [0.5, 0.6) is 17.2 Å². The first-order valence-corrected chi connectivity index (χ1v) is 12.0. The van der Waals surface area contributed by atoms with Crippen LogP contribution in [0.3, 0.4) is 0 Å². The van der Waals surface area contributed by atoms with E-state index in [1.807, 2.05) is 0 Å². The van der Waals surface area contributed by atoms with Crippen molar-refractivity contribution in [2.45, 2.75) is 24.7 Å². The third kappa shape index (κ3) is 4.09. The van der Waals surface area contributed by atoms with E-state index in [4.69, 9.17) is 14.2 Å². The summed E-state index contributed by atoms with van der Waals surface area (Å²) >= 11 is 0. The molecule has 0 aliphatic carbocycles. The van der Waals surface area contributed by atoms with Crippen LogP contribution in [-0.2, 0) is 19.6 Å². The van der Waals surface area contributed by atoms with Gasteiger partial charge in [0.2, 0.25) is 22.7 Å². The van der Waals surface area contributed by atoms with Crippen LogP contribution in [-0.4, -0.2) is 51.0 Å². The number of fused-ring (bicyclic) bond motifs is 2. The van der Waals surface area contributed by atoms with Gasteiger partial charge in [0.15, 0.2) is 18.1 Å². The zero-order valence-electron chi connectivity index (χ0n) is 17.9. The van der Waals surface area contributed by atoms with Gasteiger partial charge in [0, 0.05) is 30.9 Å². The molecule has 1 saturated heterocycles. The van der Waals surface area contributed by atoms with Crippen LogP contribution in [0.1, 0.15) is 18.4 Å². The summed E-state index contributed by atoms with van der Waals surface area (Å²) < 4.78 is 44.2. The summed E-state index contributed by atoms with van der Waals surface area (Å²) in [6, 6.07) is 8.16. The molecule has 0 saturated carbocycles. The van der Waals surface area contributed by atoms with E-state index < -0.39 is 15.9 Å². The number of nitrogens with one attached hydrogen (secondary N) is 2. The van der Waals surface area contributed by atoms with Gasteiger partial charge in [0.1, 0.15) is 5.75 Å². The molecule has 1 fully saturated rings. The maximum absolute atomic E-state index is 13.4. The van der Waals surface area contributed by atoms with Crippen molar-refractivity contribution in [2.75, 3.05) is 37.1 Å². The highest BCUT2D eigenvalue weighted by atomic mass is 32.2. The van der Waals surface area contributed by atoms with Crippen LogP contribution in [0.4, 0.5) is 11.4 Å². The number of anilines is 2. The van der Waals surface area contributed by atoms with Gasteiger partial charge in [-0.2, -0.15) is 4.31 Å². The SMILES string of the molecule is Cc1cc2c(cc1S(=O)(=O)N1CCCC(C(=O)Nc3ccc4c(c3)OCO4)C1)OCC(=O)N2. The fourth-order valence-electron chi connectivity index (χ4n) is 4.23. The second-order valence-corrected chi connectivity index (χ2v) is 10.1. The number of hydrogen-bond donors (Lipinski definition) is 2. The van der Waals surface area contributed by atoms with Crippen LogP contribution < -0.4 is 24.8 Å². The Bertz CT molecular complexity index is 1240. The lowest BCUT2D eigenvalue weighted by molar-refractivity contribution is -0.121. The lowest BCUT2D eigenvalue weighted by Crippen LogP contribution is -2.43. The second kappa shape index (κ2) is 8.23. The number of piperidine rings is 1. The van der Waals surface area contributed by atoms with Gasteiger partial charge in [-0.3, -0.25) is 9.59 Å². The van der Waals surface area contributed by atoms with Crippen LogP contribution in [0.2, 0.25) is 0 Å². The van der Waals surface area contributed by atoms with Crippen LogP contribution >= 0.6 is 0 Å². The van der Waals surface area contributed by atoms with Crippen molar-refractivity contribution in [1.82, 2.24) is 4.31 Å². The van der Waals surface area contributed by atoms with Gasteiger partial charge in [-0.25, -0.2) is 8.42 Å². The molecular weight excluding hydrogens is 450 g/mol. The molecule has 2 aromatic rings. The van der Waals surface area contributed by atoms with Crippen LogP contribution in [0.15, 0.2) is 35.2 Å². The fourth-order valence-corrected chi connectivity index (χ4v) is 5.97. The summed E-state index contributed by atoms with van der Waals surface area (Å²) in [5, 5.41) is 5.53. The first kappa shape index (κ1) is 21.5. The van der Waals surface area contributed by atoms with Crippen molar-refractivity contribution < 1.29 is 32.2 Å². The van der Waals surface area contributed by atoms with E-state index in [-0.39, 0.29) is 36.7 Å². The molecule has 174 valence electrons. The third-order valence-electron chi connectivity index (χ3n) is 5.92. The quantitative estimate of drug-likeness (QED) is 0.697. The number of aryl methyl sites for hydroxylation is 1. The third-order valence-corrected chi connectivity index (χ3v) is 7.93. The minimum Gasteiger partial charge on any atom is -0.482 e. The summed E-state index contributed by atoms with van der Waals surface area (Å²) in [4.78, 5) is 24.5. The molecule has 5 rings (SSSR count). The van der Waals surface area contributed by atoms with Gasteiger partial charge in [-0.1, -0.05) is 0 Å². The Labute approximate surface area is 190 Å². The van der Waals surface area contributed by atoms with Crippen LogP contribution in [0.25, 0.3) is 0 Å². The molecule has 1 atom stereocenters. The zero-order chi connectivity index (χ0) is 23.2. The highest BCUT2D eigenvalue weighted by Crippen LogP contribution is 2.36. The average Bonchev–Trinajstić information content (AvgIpc) is 3.26. The molecule has 1 unspecified atom stereocenters. The molecule has 0 bridgehead atoms. The van der Waals surface area contributed by atoms with Crippen molar-refractivity contribution in [2.24, 2.45) is 5.92 Å². The number of sulfonamides is 1. The van der Waals surface area contributed by atoms with Gasteiger partial charge < -0.3 is 24.8 Å². The largest absolute Gasteiger partial charge is 0.482 e. The molecule has 0 aromatic heterocycles. The van der Waals surface area contributed by atoms with Crippen LogP contribution in [0, 0.1) is 12.8 Å². The van der Waals surface area contributed by atoms with Gasteiger partial charge in [0.25, 0.3) is 5.91 Å². The summed E-state index contributed by atoms with van der Waals surface area (Å²) in [5.74, 6) is 0.459. The van der Waals surface area contributed by atoms with Gasteiger partial charge in [-0.05, 0) is 43.5 Å². The topological polar surface area (TPSA) is 123 Å². The molecular formula is C22H23N3O7S. The smallest absolute Gasteiger partial charge is 0.262 e. The molecule has 2 amide bonds. The minimum absolute atomic E-state index is 0.0762. The maximum Gasteiger partial charge on any atom is 0.262 e. The van der Waals surface area contributed by atoms with E-state index in [1.54, 1.807) is 31.2 Å². The van der Waals surface area contributed by atoms with E-state index in [1.165, 1.54) is 10.4 Å². The highest BCUT2D eigenvalue weighted by molar-refractivity contribution is 7.89. The molecule has 3 aliphatic rings. The van der Waals surface area contributed by atoms with E-state index in [0.29, 0.717) is 53.6 Å². The molecule has 2 aromatic carbocycles. The summed E-state index contributed by atoms with van der Waals surface area (Å²) in [6.45, 7) is 2.04. The number of ether oxygens (including phenoxy) is 3. The Morgan fingerprint density at radius 2 is 1.94 bits per heavy atom. The number of carbonyl (C=O) groups is 2. The maximum atomic E-state index is 13.4. The van der Waals surface area contributed by atoms with Crippen molar-refractivity contribution in [3.8, 4) is 17.2 Å². The van der Waals surface area contributed by atoms with E-state index >= 15 is 0 Å². The number of nitrogens with zero attached hydrogens (tertiary/aromatic N) is 1. The molecule has 10 nitrogen and oxygen atoms in total. The van der Waals surface area contributed by atoms with Crippen molar-refractivity contribution in [3.05, 3.63) is 35.9 Å². The minimum atomic E-state index is -3.86. The number of rotatable bonds is 4. The normalized spacial score (nSPS) is 19.9. The number of carbonyl (C=O) groups excluding carboxylic acids is 2. The first-order chi connectivity index (χ1) is 15.8. The summed E-state index contributed by atoms with van der Waals surface area (Å²) in [7, 11) is -3.86. The van der Waals surface area contributed by atoms with E-state index in [2.05, 4.69) is 10.6 Å². The lowest BCUT2D eigenvalue weighted by Gasteiger charge is -2.32. The number of hydrogen-bond acceptors (Lipinski definition) is 7. The predicted octanol–water partition coefficient (Wildman–Crippen LogP) is 2.09. The van der Waals surface area contributed by atoms with Crippen molar-refractivity contribution in [1.29, 1.82) is 0 Å². The molecule has 0 spiro atoms. The van der Waals surface area contributed by atoms with Gasteiger partial charge in [-0.15, -0.1) is 0 Å². The Hall–Kier alpha value is -3.31. The second-order valence-electron chi connectivity index (χ2n) is 8.21. The van der Waals surface area contributed by atoms with Crippen molar-refractivity contribution >= 4 is 33.2 Å². The lowest BCUT2D eigenvalue weighted by atomic mass is 9.98. The summed E-state index contributed by atoms with van der Waals surface area (Å²) in [6.07, 6.45) is 1.15. The fraction of sp³-hybridized carbons (Fsp3) is 0.364. The molecule has 3 heterocycles. The number of amides is 2. The summed E-state index contributed by atoms with van der Waals surface area (Å²) in [5.41, 5.74) is 1.50. The Balaban J connectivity index is 1.33. The molecule has 0 radical (unpaired) electrons. The molecule has 33 heavy (non-hydrogen) atoms. The average molecular weight is 474 g/mol. The Morgan fingerprint density at radius 1 is 1.12 bits per heavy atom. The van der Waals surface area contributed by atoms with E-state index in [0.717, 1.165) is 0 Å². The monoisotopic (exact) mass is 473 g/mol. The van der Waals surface area contributed by atoms with Gasteiger partial charge >= 0.3 is 0 Å². The predicted molar refractivity (Wildman–Crippen MR) is 118 cm³/mol. The Kier molecular flexibility index (Phi) is 5.37. The number of benzene rings is 2. The molecule has 2 N–H and O–H groups in total. The first-order valence-electron chi connectivity index (χ1n) is 10.6. The molecule has 3 aliphatic heterocycles. The van der Waals surface area contributed by atoms with Crippen molar-refractivity contribution in [3.63, 3.8) is 0 Å². The van der Waals surface area contributed by atoms with E-state index in [9.17, 15) is 18.0 Å². The highest BCUT2D eigenvalue weighted by Gasteiger charge is 2.35. The zero-order valence-corrected chi connectivity index (χ0v) is 18.7. The standard InChI is InChI=1S/C22H23N3O7S/c1-13-7-16-18(30-11-21(26)24-16)9-20(13)33(28,29)25-6-2-3-14(10-25)22(27)23-15-4-5-17-19(8-15)32-12-31-17/h4-5,7-9,14H,2-3,6,10-12H2,1H3,(H,23,27)(H,24,26). The Morgan fingerprint density at radius 3 is 2.79 bits per heavy atom. The van der Waals surface area contributed by atoms with Gasteiger partial charge in [0.05, 0.1) is 16.5 Å². The molecule has 11 heteroatoms.